The van der Waals surface area contributed by atoms with Gasteiger partial charge in [-0.15, -0.1) is 0 Å². The molecule has 0 amide bonds. The van der Waals surface area contributed by atoms with E-state index in [-0.39, 0.29) is 23.0 Å². The Balaban J connectivity index is 1.42. The third-order valence-corrected chi connectivity index (χ3v) is 6.64. The summed E-state index contributed by atoms with van der Waals surface area (Å²) in [4.78, 5) is 0. The Kier molecular flexibility index (Phi) is 9.42. The van der Waals surface area contributed by atoms with E-state index >= 15 is 0 Å². The van der Waals surface area contributed by atoms with Gasteiger partial charge in [-0.05, 0) is 52.9 Å². The summed E-state index contributed by atoms with van der Waals surface area (Å²) in [6, 6.07) is 15.0. The monoisotopic (exact) mass is 510 g/mol. The summed E-state index contributed by atoms with van der Waals surface area (Å²) in [5.74, 6) is -2.54. The summed E-state index contributed by atoms with van der Waals surface area (Å²) in [7, 11) is 0. The Labute approximate surface area is 216 Å². The van der Waals surface area contributed by atoms with Gasteiger partial charge in [-0.25, -0.2) is 8.78 Å². The van der Waals surface area contributed by atoms with Crippen LogP contribution in [-0.2, 0) is 9.47 Å². The van der Waals surface area contributed by atoms with Crippen LogP contribution in [0.25, 0.3) is 22.3 Å². The van der Waals surface area contributed by atoms with Crippen molar-refractivity contribution in [3.05, 3.63) is 90.3 Å². The molecule has 0 spiro atoms. The van der Waals surface area contributed by atoms with Crippen LogP contribution in [0.2, 0.25) is 0 Å². The molecule has 6 heteroatoms. The highest BCUT2D eigenvalue weighted by Gasteiger charge is 2.24. The molecule has 0 bridgehead atoms. The Bertz CT molecular complexity index is 1190. The molecule has 0 aliphatic carbocycles. The molecule has 196 valence electrons. The summed E-state index contributed by atoms with van der Waals surface area (Å²) in [6.07, 6.45) is 6.35. The molecule has 3 nitrogen and oxygen atoms in total. The molecule has 0 N–H and O–H groups in total. The third-order valence-electron chi connectivity index (χ3n) is 6.64. The van der Waals surface area contributed by atoms with Crippen LogP contribution in [0.4, 0.5) is 13.2 Å². The SMILES string of the molecule is C=CC1OCC(c2ccc(-c3ccc(-c4ccc(OCCCCCCC)c(F)c4F)cc3)cc2F)CO1. The van der Waals surface area contributed by atoms with Crippen molar-refractivity contribution in [2.75, 3.05) is 19.8 Å². The van der Waals surface area contributed by atoms with Gasteiger partial charge in [0.15, 0.2) is 17.9 Å². The average Bonchev–Trinajstić information content (AvgIpc) is 2.93. The first-order valence-electron chi connectivity index (χ1n) is 12.9. The van der Waals surface area contributed by atoms with Crippen molar-refractivity contribution in [2.45, 2.75) is 51.2 Å². The van der Waals surface area contributed by atoms with Crippen molar-refractivity contribution >= 4 is 0 Å². The topological polar surface area (TPSA) is 27.7 Å². The maximum absolute atomic E-state index is 14.9. The van der Waals surface area contributed by atoms with Gasteiger partial charge in [0.05, 0.1) is 19.8 Å². The molecule has 1 aliphatic rings. The molecular formula is C31H33F3O3. The zero-order chi connectivity index (χ0) is 26.2. The standard InChI is InChI=1S/C31H33F3O3/c1-3-5-6-7-8-17-35-28-16-15-26(30(33)31(28)34)22-11-9-21(10-12-22)23-13-14-25(27(32)18-23)24-19-36-29(4-2)37-20-24/h4,9-16,18,24,29H,2-3,5-8,17,19-20H2,1H3. The van der Waals surface area contributed by atoms with Gasteiger partial charge in [0, 0.05) is 11.5 Å². The number of hydrogen-bond acceptors (Lipinski definition) is 3. The van der Waals surface area contributed by atoms with E-state index in [0.29, 0.717) is 36.5 Å². The van der Waals surface area contributed by atoms with Gasteiger partial charge in [0.25, 0.3) is 0 Å². The third kappa shape index (κ3) is 6.62. The molecule has 0 aromatic heterocycles. The highest BCUT2D eigenvalue weighted by Crippen LogP contribution is 2.33. The second-order valence-electron chi connectivity index (χ2n) is 9.28. The Hall–Kier alpha value is -3.09. The minimum absolute atomic E-state index is 0.0716. The molecule has 1 heterocycles. The molecule has 3 aromatic rings. The minimum atomic E-state index is -0.983. The highest BCUT2D eigenvalue weighted by atomic mass is 19.2. The van der Waals surface area contributed by atoms with E-state index in [1.807, 2.05) is 6.07 Å². The second-order valence-corrected chi connectivity index (χ2v) is 9.28. The number of rotatable bonds is 11. The summed E-state index contributed by atoms with van der Waals surface area (Å²) in [5.41, 5.74) is 2.65. The number of benzene rings is 3. The predicted octanol–water partition coefficient (Wildman–Crippen LogP) is 8.43. The number of hydrogen-bond donors (Lipinski definition) is 0. The van der Waals surface area contributed by atoms with E-state index in [1.165, 1.54) is 24.6 Å². The van der Waals surface area contributed by atoms with Gasteiger partial charge >= 0.3 is 0 Å². The summed E-state index contributed by atoms with van der Waals surface area (Å²) >= 11 is 0. The van der Waals surface area contributed by atoms with Crippen molar-refractivity contribution in [1.29, 1.82) is 0 Å². The van der Waals surface area contributed by atoms with Crippen molar-refractivity contribution in [1.82, 2.24) is 0 Å². The Morgan fingerprint density at radius 3 is 2.19 bits per heavy atom. The zero-order valence-corrected chi connectivity index (χ0v) is 21.2. The molecule has 1 aliphatic heterocycles. The first-order chi connectivity index (χ1) is 18.0. The van der Waals surface area contributed by atoms with Gasteiger partial charge in [-0.2, -0.15) is 4.39 Å². The van der Waals surface area contributed by atoms with Crippen LogP contribution >= 0.6 is 0 Å². The maximum atomic E-state index is 14.9. The van der Waals surface area contributed by atoms with Crippen molar-refractivity contribution in [3.8, 4) is 28.0 Å². The maximum Gasteiger partial charge on any atom is 0.201 e. The Morgan fingerprint density at radius 1 is 0.838 bits per heavy atom. The summed E-state index contributed by atoms with van der Waals surface area (Å²) in [5, 5.41) is 0. The van der Waals surface area contributed by atoms with E-state index in [4.69, 9.17) is 14.2 Å². The van der Waals surface area contributed by atoms with Crippen LogP contribution in [0.1, 0.15) is 50.5 Å². The van der Waals surface area contributed by atoms with E-state index in [0.717, 1.165) is 31.2 Å². The van der Waals surface area contributed by atoms with Crippen LogP contribution in [0.5, 0.6) is 5.75 Å². The van der Waals surface area contributed by atoms with Gasteiger partial charge in [-0.1, -0.05) is 75.6 Å². The molecule has 37 heavy (non-hydrogen) atoms. The molecule has 3 aromatic carbocycles. The highest BCUT2D eigenvalue weighted by molar-refractivity contribution is 5.71. The van der Waals surface area contributed by atoms with Crippen LogP contribution in [-0.4, -0.2) is 26.1 Å². The largest absolute Gasteiger partial charge is 0.490 e. The lowest BCUT2D eigenvalue weighted by atomic mass is 9.95. The predicted molar refractivity (Wildman–Crippen MR) is 140 cm³/mol. The first kappa shape index (κ1) is 27.0. The molecule has 0 atom stereocenters. The van der Waals surface area contributed by atoms with Crippen LogP contribution in [0.3, 0.4) is 0 Å². The lowest BCUT2D eigenvalue weighted by Crippen LogP contribution is -2.29. The lowest BCUT2D eigenvalue weighted by molar-refractivity contribution is -0.159. The Morgan fingerprint density at radius 2 is 1.51 bits per heavy atom. The molecular weight excluding hydrogens is 477 g/mol. The van der Waals surface area contributed by atoms with Crippen LogP contribution in [0.15, 0.2) is 67.3 Å². The molecule has 0 unspecified atom stereocenters. The first-order valence-corrected chi connectivity index (χ1v) is 12.9. The smallest absolute Gasteiger partial charge is 0.201 e. The summed E-state index contributed by atoms with van der Waals surface area (Å²) in [6.45, 7) is 6.85. The fourth-order valence-corrected chi connectivity index (χ4v) is 4.47. The number of halogens is 3. The van der Waals surface area contributed by atoms with Gasteiger partial charge in [0.1, 0.15) is 5.82 Å². The minimum Gasteiger partial charge on any atom is -0.490 e. The van der Waals surface area contributed by atoms with Crippen molar-refractivity contribution in [2.24, 2.45) is 0 Å². The van der Waals surface area contributed by atoms with E-state index in [9.17, 15) is 13.2 Å². The van der Waals surface area contributed by atoms with Crippen molar-refractivity contribution in [3.63, 3.8) is 0 Å². The molecule has 0 radical (unpaired) electrons. The van der Waals surface area contributed by atoms with Gasteiger partial charge in [0.2, 0.25) is 5.82 Å². The normalized spacial score (nSPS) is 17.5. The summed E-state index contributed by atoms with van der Waals surface area (Å²) < 4.78 is 60.9. The van der Waals surface area contributed by atoms with Crippen molar-refractivity contribution < 1.29 is 27.4 Å². The lowest BCUT2D eigenvalue weighted by Gasteiger charge is -2.28. The van der Waals surface area contributed by atoms with E-state index in [1.54, 1.807) is 36.4 Å². The average molecular weight is 511 g/mol. The molecule has 1 fully saturated rings. The van der Waals surface area contributed by atoms with E-state index < -0.39 is 17.9 Å². The zero-order valence-electron chi connectivity index (χ0n) is 21.2. The quantitative estimate of drug-likeness (QED) is 0.191. The number of ether oxygens (including phenoxy) is 3. The fraction of sp³-hybridized carbons (Fsp3) is 0.355. The van der Waals surface area contributed by atoms with E-state index in [2.05, 4.69) is 13.5 Å². The van der Waals surface area contributed by atoms with Gasteiger partial charge < -0.3 is 14.2 Å². The van der Waals surface area contributed by atoms with Crippen LogP contribution < -0.4 is 4.74 Å². The van der Waals surface area contributed by atoms with Crippen LogP contribution in [0, 0.1) is 17.5 Å². The fourth-order valence-electron chi connectivity index (χ4n) is 4.47. The number of unbranched alkanes of at least 4 members (excludes halogenated alkanes) is 4. The molecule has 0 saturated carbocycles. The molecule has 1 saturated heterocycles. The second kappa shape index (κ2) is 12.9. The molecule has 4 rings (SSSR count). The van der Waals surface area contributed by atoms with Gasteiger partial charge in [-0.3, -0.25) is 0 Å².